The van der Waals surface area contributed by atoms with Gasteiger partial charge in [0, 0.05) is 32.1 Å². The maximum atomic E-state index is 12.8. The predicted octanol–water partition coefficient (Wildman–Crippen LogP) is 3.64. The minimum Gasteiger partial charge on any atom is -0.378 e. The second-order valence-corrected chi connectivity index (χ2v) is 8.93. The van der Waals surface area contributed by atoms with Gasteiger partial charge in [0.2, 0.25) is 0 Å². The van der Waals surface area contributed by atoms with Gasteiger partial charge >= 0.3 is 0 Å². The third kappa shape index (κ3) is 3.23. The molecule has 1 saturated heterocycles. The van der Waals surface area contributed by atoms with E-state index >= 15 is 0 Å². The van der Waals surface area contributed by atoms with E-state index in [0.29, 0.717) is 6.42 Å². The van der Waals surface area contributed by atoms with Crippen molar-refractivity contribution in [2.75, 3.05) is 31.2 Å². The highest BCUT2D eigenvalue weighted by molar-refractivity contribution is 7.18. The Balaban J connectivity index is 1.80. The van der Waals surface area contributed by atoms with Gasteiger partial charge in [-0.05, 0) is 29.6 Å². The van der Waals surface area contributed by atoms with E-state index in [2.05, 4.69) is 35.9 Å². The number of aromatic nitrogens is 2. The van der Waals surface area contributed by atoms with Crippen molar-refractivity contribution in [1.29, 1.82) is 0 Å². The first kappa shape index (κ1) is 17.5. The number of anilines is 1. The van der Waals surface area contributed by atoms with Crippen LogP contribution in [0.4, 0.5) is 5.00 Å². The molecule has 26 heavy (non-hydrogen) atoms. The fourth-order valence-corrected chi connectivity index (χ4v) is 5.09. The second kappa shape index (κ2) is 6.67. The number of carbonyl (C=O) groups excluding carboxylic acids is 1. The van der Waals surface area contributed by atoms with Crippen molar-refractivity contribution < 1.29 is 9.53 Å². The number of ketones is 1. The Kier molecular flexibility index (Phi) is 4.49. The number of imidazole rings is 1. The smallest absolute Gasteiger partial charge is 0.173 e. The predicted molar refractivity (Wildman–Crippen MR) is 106 cm³/mol. The zero-order chi connectivity index (χ0) is 18.3. The van der Waals surface area contributed by atoms with E-state index in [4.69, 9.17) is 4.74 Å². The van der Waals surface area contributed by atoms with E-state index < -0.39 is 0 Å². The van der Waals surface area contributed by atoms with Crippen LogP contribution in [0.5, 0.6) is 0 Å². The fourth-order valence-electron chi connectivity index (χ4n) is 3.79. The van der Waals surface area contributed by atoms with E-state index in [1.165, 1.54) is 16.1 Å². The van der Waals surface area contributed by atoms with E-state index in [1.54, 1.807) is 17.7 Å². The molecule has 3 heterocycles. The third-order valence-corrected chi connectivity index (χ3v) is 6.50. The highest BCUT2D eigenvalue weighted by atomic mass is 32.1. The fraction of sp³-hybridized carbons (Fsp3) is 0.500. The molecule has 1 aliphatic heterocycles. The summed E-state index contributed by atoms with van der Waals surface area (Å²) in [7, 11) is 1.99. The van der Waals surface area contributed by atoms with Crippen molar-refractivity contribution in [2.24, 2.45) is 12.5 Å². The summed E-state index contributed by atoms with van der Waals surface area (Å²) in [5.74, 6) is 0.288. The number of morpholine rings is 1. The van der Waals surface area contributed by atoms with Crippen LogP contribution in [0.3, 0.4) is 0 Å². The topological polar surface area (TPSA) is 47.4 Å². The molecule has 138 valence electrons. The van der Waals surface area contributed by atoms with Gasteiger partial charge < -0.3 is 14.2 Å². The zero-order valence-corrected chi connectivity index (χ0v) is 16.4. The van der Waals surface area contributed by atoms with Gasteiger partial charge in [-0.2, -0.15) is 0 Å². The number of hydrogen-bond acceptors (Lipinski definition) is 5. The van der Waals surface area contributed by atoms with Gasteiger partial charge in [-0.15, -0.1) is 11.3 Å². The number of ether oxygens (including phenoxy) is 1. The summed E-state index contributed by atoms with van der Waals surface area (Å²) in [4.78, 5) is 20.3. The quantitative estimate of drug-likeness (QED) is 0.826. The van der Waals surface area contributed by atoms with Crippen LogP contribution >= 0.6 is 11.3 Å². The van der Waals surface area contributed by atoms with Gasteiger partial charge in [-0.3, -0.25) is 4.79 Å². The second-order valence-electron chi connectivity index (χ2n) is 7.93. The maximum absolute atomic E-state index is 12.8. The molecule has 0 radical (unpaired) electrons. The molecule has 2 aromatic rings. The van der Waals surface area contributed by atoms with Crippen LogP contribution in [0.2, 0.25) is 0 Å². The molecule has 0 atom stereocenters. The Bertz CT molecular complexity index is 857. The number of hydrogen-bond donors (Lipinski definition) is 0. The molecule has 0 spiro atoms. The van der Waals surface area contributed by atoms with Gasteiger partial charge in [0.05, 0.1) is 41.3 Å². The van der Waals surface area contributed by atoms with Crippen molar-refractivity contribution >= 4 is 34.3 Å². The lowest BCUT2D eigenvalue weighted by molar-refractivity contribution is 0.0917. The molecule has 5 nitrogen and oxygen atoms in total. The summed E-state index contributed by atoms with van der Waals surface area (Å²) in [5.41, 5.74) is 3.49. The zero-order valence-electron chi connectivity index (χ0n) is 15.6. The van der Waals surface area contributed by atoms with Crippen LogP contribution in [0.15, 0.2) is 12.5 Å². The van der Waals surface area contributed by atoms with Gasteiger partial charge in [0.1, 0.15) is 0 Å². The molecule has 4 rings (SSSR count). The summed E-state index contributed by atoms with van der Waals surface area (Å²) >= 11 is 1.67. The van der Waals surface area contributed by atoms with Crippen LogP contribution in [-0.2, 0) is 18.2 Å². The molecule has 2 aliphatic rings. The summed E-state index contributed by atoms with van der Waals surface area (Å²) in [6.45, 7) is 7.62. The monoisotopic (exact) mass is 371 g/mol. The lowest BCUT2D eigenvalue weighted by atomic mass is 9.75. The molecule has 6 heteroatoms. The van der Waals surface area contributed by atoms with E-state index in [1.807, 2.05) is 17.8 Å². The molecule has 1 fully saturated rings. The molecule has 0 bridgehead atoms. The third-order valence-electron chi connectivity index (χ3n) is 5.15. The van der Waals surface area contributed by atoms with Gasteiger partial charge in [-0.25, -0.2) is 4.98 Å². The molecule has 0 aromatic carbocycles. The summed E-state index contributed by atoms with van der Waals surface area (Å²) < 4.78 is 7.52. The van der Waals surface area contributed by atoms with E-state index in [0.717, 1.165) is 43.3 Å². The summed E-state index contributed by atoms with van der Waals surface area (Å²) in [5, 5.41) is 1.21. The number of aryl methyl sites for hydroxylation is 1. The van der Waals surface area contributed by atoms with E-state index in [-0.39, 0.29) is 11.2 Å². The summed E-state index contributed by atoms with van der Waals surface area (Å²) in [6, 6.07) is 0. The number of thiophene rings is 1. The lowest BCUT2D eigenvalue weighted by Gasteiger charge is -2.29. The minimum absolute atomic E-state index is 0.0164. The van der Waals surface area contributed by atoms with Gasteiger partial charge in [-0.1, -0.05) is 13.8 Å². The Labute approximate surface area is 158 Å². The first-order valence-electron chi connectivity index (χ1n) is 9.10. The molecule has 0 saturated carbocycles. The van der Waals surface area contributed by atoms with Crippen molar-refractivity contribution in [2.45, 2.75) is 26.7 Å². The Morgan fingerprint density at radius 2 is 2.00 bits per heavy atom. The molecule has 1 aliphatic carbocycles. The average molecular weight is 372 g/mol. The molecular formula is C20H25N3O2S. The standard InChI is InChI=1S/C20H25N3O2S/c1-20(2)10-16-15(5-4-14-12-21-13-22(14)3)19(23-6-8-25-9-7-23)26-18(16)17(24)11-20/h4-5,12-13H,6-11H2,1-3H3. The van der Waals surface area contributed by atoms with Crippen molar-refractivity contribution in [3.05, 3.63) is 34.2 Å². The molecular weight excluding hydrogens is 346 g/mol. The largest absolute Gasteiger partial charge is 0.378 e. The highest BCUT2D eigenvalue weighted by Crippen LogP contribution is 2.45. The summed E-state index contributed by atoms with van der Waals surface area (Å²) in [6.07, 6.45) is 9.52. The molecule has 0 unspecified atom stereocenters. The molecule has 0 amide bonds. The van der Waals surface area contributed by atoms with E-state index in [9.17, 15) is 4.79 Å². The van der Waals surface area contributed by atoms with Crippen LogP contribution < -0.4 is 4.90 Å². The molecule has 0 N–H and O–H groups in total. The SMILES string of the molecule is Cn1cncc1C=Cc1c(N2CCOCC2)sc2c1CC(C)(C)CC2=O. The van der Waals surface area contributed by atoms with Gasteiger partial charge in [0.15, 0.2) is 5.78 Å². The molecule has 2 aromatic heterocycles. The minimum atomic E-state index is 0.0164. The maximum Gasteiger partial charge on any atom is 0.173 e. The lowest BCUT2D eigenvalue weighted by Crippen LogP contribution is -2.36. The first-order chi connectivity index (χ1) is 12.4. The Morgan fingerprint density at radius 1 is 1.23 bits per heavy atom. The van der Waals surface area contributed by atoms with Crippen LogP contribution in [0.25, 0.3) is 12.2 Å². The highest BCUT2D eigenvalue weighted by Gasteiger charge is 2.36. The number of nitrogens with zero attached hydrogens (tertiary/aromatic N) is 3. The number of carbonyl (C=O) groups is 1. The van der Waals surface area contributed by atoms with Gasteiger partial charge in [0.25, 0.3) is 0 Å². The van der Waals surface area contributed by atoms with Crippen LogP contribution in [-0.4, -0.2) is 41.6 Å². The Morgan fingerprint density at radius 3 is 2.69 bits per heavy atom. The average Bonchev–Trinajstić information content (AvgIpc) is 3.16. The number of fused-ring (bicyclic) bond motifs is 1. The number of Topliss-reactive ketones (excluding diaryl/α,β-unsaturated/α-hetero) is 1. The van der Waals surface area contributed by atoms with Crippen LogP contribution in [0.1, 0.15) is 46.8 Å². The van der Waals surface area contributed by atoms with Crippen molar-refractivity contribution in [3.63, 3.8) is 0 Å². The van der Waals surface area contributed by atoms with Crippen LogP contribution in [0, 0.1) is 5.41 Å². The number of rotatable bonds is 3. The van der Waals surface area contributed by atoms with Crippen molar-refractivity contribution in [1.82, 2.24) is 9.55 Å². The first-order valence-corrected chi connectivity index (χ1v) is 9.92. The normalized spacial score (nSPS) is 20.0. The van der Waals surface area contributed by atoms with Crippen molar-refractivity contribution in [3.8, 4) is 0 Å². The Hall–Kier alpha value is -1.92.